The van der Waals surface area contributed by atoms with E-state index in [1.54, 1.807) is 6.07 Å². The molecule has 18 heavy (non-hydrogen) atoms. The van der Waals surface area contributed by atoms with E-state index in [-0.39, 0.29) is 11.5 Å². The number of anilines is 1. The highest BCUT2D eigenvalue weighted by atomic mass is 19.1. The number of halogens is 1. The fourth-order valence-electron chi connectivity index (χ4n) is 2.36. The summed E-state index contributed by atoms with van der Waals surface area (Å²) in [6.45, 7) is 1.13. The van der Waals surface area contributed by atoms with Gasteiger partial charge in [-0.05, 0) is 42.9 Å². The average molecular weight is 252 g/mol. The van der Waals surface area contributed by atoms with Crippen LogP contribution in [-0.2, 0) is 6.42 Å². The van der Waals surface area contributed by atoms with E-state index in [1.807, 2.05) is 6.07 Å². The number of piperidine rings is 1. The van der Waals surface area contributed by atoms with E-state index in [1.165, 1.54) is 11.0 Å². The third-order valence-corrected chi connectivity index (χ3v) is 3.47. The van der Waals surface area contributed by atoms with Gasteiger partial charge in [-0.3, -0.25) is 0 Å². The maximum atomic E-state index is 13.3. The number of hydrogen-bond acceptors (Lipinski definition) is 2. The Morgan fingerprint density at radius 2 is 2.11 bits per heavy atom. The first-order valence-corrected chi connectivity index (χ1v) is 6.08. The number of carboxylic acid groups (broad SMARTS) is 1. The Hall–Kier alpha value is -1.78. The first kappa shape index (κ1) is 12.7. The molecule has 1 saturated heterocycles. The SMILES string of the molecule is Nc1ccc(CC2CCN(C(=O)O)CC2)cc1F. The van der Waals surface area contributed by atoms with E-state index in [4.69, 9.17) is 10.8 Å². The molecule has 0 radical (unpaired) electrons. The topological polar surface area (TPSA) is 66.6 Å². The van der Waals surface area contributed by atoms with Crippen molar-refractivity contribution in [2.75, 3.05) is 18.8 Å². The molecular formula is C13H17FN2O2. The second-order valence-electron chi connectivity index (χ2n) is 4.77. The maximum absolute atomic E-state index is 13.3. The number of benzene rings is 1. The molecule has 1 aliphatic heterocycles. The van der Waals surface area contributed by atoms with Crippen LogP contribution in [0.2, 0.25) is 0 Å². The van der Waals surface area contributed by atoms with Gasteiger partial charge in [0.2, 0.25) is 0 Å². The molecule has 4 nitrogen and oxygen atoms in total. The average Bonchev–Trinajstić information content (AvgIpc) is 2.34. The summed E-state index contributed by atoms with van der Waals surface area (Å²) in [5.41, 5.74) is 6.52. The molecule has 1 fully saturated rings. The minimum Gasteiger partial charge on any atom is -0.465 e. The number of nitrogens with two attached hydrogens (primary N) is 1. The fourth-order valence-corrected chi connectivity index (χ4v) is 2.36. The molecule has 1 amide bonds. The quantitative estimate of drug-likeness (QED) is 0.794. The molecule has 1 aromatic rings. The summed E-state index contributed by atoms with van der Waals surface area (Å²) in [6.07, 6.45) is 1.59. The summed E-state index contributed by atoms with van der Waals surface area (Å²) in [4.78, 5) is 12.2. The smallest absolute Gasteiger partial charge is 0.407 e. The lowest BCUT2D eigenvalue weighted by Gasteiger charge is -2.30. The molecule has 1 heterocycles. The predicted octanol–water partition coefficient (Wildman–Crippen LogP) is 2.34. The van der Waals surface area contributed by atoms with E-state index in [0.717, 1.165) is 24.8 Å². The van der Waals surface area contributed by atoms with Crippen LogP contribution in [0.25, 0.3) is 0 Å². The van der Waals surface area contributed by atoms with Crippen molar-refractivity contribution in [3.63, 3.8) is 0 Å². The van der Waals surface area contributed by atoms with Crippen LogP contribution in [0, 0.1) is 11.7 Å². The normalized spacial score (nSPS) is 16.8. The predicted molar refractivity (Wildman–Crippen MR) is 66.8 cm³/mol. The Bertz CT molecular complexity index is 443. The number of carbonyl (C=O) groups is 1. The zero-order valence-corrected chi connectivity index (χ0v) is 10.1. The van der Waals surface area contributed by atoms with Crippen LogP contribution in [-0.4, -0.2) is 29.2 Å². The third-order valence-electron chi connectivity index (χ3n) is 3.47. The lowest BCUT2D eigenvalue weighted by molar-refractivity contribution is 0.124. The third kappa shape index (κ3) is 2.91. The second-order valence-corrected chi connectivity index (χ2v) is 4.77. The Labute approximate surface area is 105 Å². The van der Waals surface area contributed by atoms with Crippen molar-refractivity contribution in [3.05, 3.63) is 29.6 Å². The van der Waals surface area contributed by atoms with Crippen LogP contribution >= 0.6 is 0 Å². The number of amides is 1. The van der Waals surface area contributed by atoms with Crippen molar-refractivity contribution >= 4 is 11.8 Å². The van der Waals surface area contributed by atoms with Crippen LogP contribution in [0.5, 0.6) is 0 Å². The Balaban J connectivity index is 1.91. The minimum absolute atomic E-state index is 0.166. The molecule has 0 unspecified atom stereocenters. The molecule has 3 N–H and O–H groups in total. The molecular weight excluding hydrogens is 235 g/mol. The molecule has 1 aromatic carbocycles. The Morgan fingerprint density at radius 1 is 1.44 bits per heavy atom. The van der Waals surface area contributed by atoms with Crippen LogP contribution < -0.4 is 5.73 Å². The van der Waals surface area contributed by atoms with Crippen molar-refractivity contribution < 1.29 is 14.3 Å². The lowest BCUT2D eigenvalue weighted by Crippen LogP contribution is -2.37. The highest BCUT2D eigenvalue weighted by Crippen LogP contribution is 2.23. The number of likely N-dealkylation sites (tertiary alicyclic amines) is 1. The van der Waals surface area contributed by atoms with Crippen LogP contribution in [0.15, 0.2) is 18.2 Å². The fraction of sp³-hybridized carbons (Fsp3) is 0.462. The zero-order chi connectivity index (χ0) is 13.1. The van der Waals surface area contributed by atoms with Gasteiger partial charge in [0.25, 0.3) is 0 Å². The molecule has 98 valence electrons. The number of nitrogen functional groups attached to an aromatic ring is 1. The van der Waals surface area contributed by atoms with Gasteiger partial charge in [0.1, 0.15) is 5.82 Å². The first-order chi connectivity index (χ1) is 8.56. The summed E-state index contributed by atoms with van der Waals surface area (Å²) in [7, 11) is 0. The van der Waals surface area contributed by atoms with Crippen molar-refractivity contribution in [3.8, 4) is 0 Å². The standard InChI is InChI=1S/C13H17FN2O2/c14-11-8-10(1-2-12(11)15)7-9-3-5-16(6-4-9)13(17)18/h1-2,8-9H,3-7,15H2,(H,17,18). The molecule has 0 aromatic heterocycles. The lowest BCUT2D eigenvalue weighted by atomic mass is 9.90. The van der Waals surface area contributed by atoms with Gasteiger partial charge in [-0.25, -0.2) is 9.18 Å². The molecule has 0 bridgehead atoms. The van der Waals surface area contributed by atoms with Gasteiger partial charge in [-0.2, -0.15) is 0 Å². The van der Waals surface area contributed by atoms with Crippen LogP contribution in [0.3, 0.4) is 0 Å². The van der Waals surface area contributed by atoms with Crippen molar-refractivity contribution in [2.24, 2.45) is 5.92 Å². The van der Waals surface area contributed by atoms with E-state index >= 15 is 0 Å². The van der Waals surface area contributed by atoms with Crippen molar-refractivity contribution in [2.45, 2.75) is 19.3 Å². The van der Waals surface area contributed by atoms with E-state index < -0.39 is 6.09 Å². The molecule has 5 heteroatoms. The molecule has 0 saturated carbocycles. The van der Waals surface area contributed by atoms with Crippen molar-refractivity contribution in [1.82, 2.24) is 4.90 Å². The highest BCUT2D eigenvalue weighted by molar-refractivity contribution is 5.64. The van der Waals surface area contributed by atoms with Gasteiger partial charge in [-0.15, -0.1) is 0 Å². The summed E-state index contributed by atoms with van der Waals surface area (Å²) in [6, 6.07) is 4.89. The summed E-state index contributed by atoms with van der Waals surface area (Å²) >= 11 is 0. The van der Waals surface area contributed by atoms with E-state index in [2.05, 4.69) is 0 Å². The van der Waals surface area contributed by atoms with Gasteiger partial charge >= 0.3 is 6.09 Å². The van der Waals surface area contributed by atoms with E-state index in [9.17, 15) is 9.18 Å². The molecule has 0 atom stereocenters. The monoisotopic (exact) mass is 252 g/mol. The number of nitrogens with zero attached hydrogens (tertiary/aromatic N) is 1. The largest absolute Gasteiger partial charge is 0.465 e. The van der Waals surface area contributed by atoms with E-state index in [0.29, 0.717) is 19.0 Å². The maximum Gasteiger partial charge on any atom is 0.407 e. The zero-order valence-electron chi connectivity index (χ0n) is 10.1. The van der Waals surface area contributed by atoms with Gasteiger partial charge in [0.05, 0.1) is 5.69 Å². The van der Waals surface area contributed by atoms with Gasteiger partial charge in [0.15, 0.2) is 0 Å². The van der Waals surface area contributed by atoms with Crippen LogP contribution in [0.1, 0.15) is 18.4 Å². The minimum atomic E-state index is -0.855. The van der Waals surface area contributed by atoms with Gasteiger partial charge in [0, 0.05) is 13.1 Å². The summed E-state index contributed by atoms with van der Waals surface area (Å²) < 4.78 is 13.3. The Morgan fingerprint density at radius 3 is 2.67 bits per heavy atom. The highest BCUT2D eigenvalue weighted by Gasteiger charge is 2.22. The molecule has 0 aliphatic carbocycles. The second kappa shape index (κ2) is 5.25. The number of rotatable bonds is 2. The van der Waals surface area contributed by atoms with Gasteiger partial charge < -0.3 is 15.7 Å². The number of hydrogen-bond donors (Lipinski definition) is 2. The summed E-state index contributed by atoms with van der Waals surface area (Å²) in [5, 5.41) is 8.84. The molecule has 0 spiro atoms. The van der Waals surface area contributed by atoms with Crippen molar-refractivity contribution in [1.29, 1.82) is 0 Å². The first-order valence-electron chi connectivity index (χ1n) is 6.08. The molecule has 1 aliphatic rings. The van der Waals surface area contributed by atoms with Gasteiger partial charge in [-0.1, -0.05) is 6.07 Å². The van der Waals surface area contributed by atoms with Crippen LogP contribution in [0.4, 0.5) is 14.9 Å². The molecule has 2 rings (SSSR count). The summed E-state index contributed by atoms with van der Waals surface area (Å²) in [5.74, 6) is 0.0408. The Kier molecular flexibility index (Phi) is 3.69.